The molecule has 0 aromatic heterocycles. The minimum atomic E-state index is -0.201. The third-order valence-electron chi connectivity index (χ3n) is 4.06. The second kappa shape index (κ2) is 6.97. The number of benzene rings is 1. The molecule has 0 radical (unpaired) electrons. The number of nitrogens with one attached hydrogen (secondary N) is 1. The second-order valence-corrected chi connectivity index (χ2v) is 7.04. The highest BCUT2D eigenvalue weighted by Crippen LogP contribution is 2.34. The van der Waals surface area contributed by atoms with Crippen molar-refractivity contribution >= 4 is 40.9 Å². The highest BCUT2D eigenvalue weighted by molar-refractivity contribution is 6.38. The van der Waals surface area contributed by atoms with Gasteiger partial charge in [-0.1, -0.05) is 29.3 Å². The number of rotatable bonds is 5. The maximum atomic E-state index is 12.4. The Morgan fingerprint density at radius 2 is 1.83 bits per heavy atom. The maximum absolute atomic E-state index is 12.4. The molecule has 2 aliphatic rings. The second-order valence-electron chi connectivity index (χ2n) is 6.22. The summed E-state index contributed by atoms with van der Waals surface area (Å²) in [5.74, 6) is 1.23. The van der Waals surface area contributed by atoms with Gasteiger partial charge >= 0.3 is 6.03 Å². The topological polar surface area (TPSA) is 70.7 Å². The number of para-hydroxylation sites is 1. The zero-order valence-electron chi connectivity index (χ0n) is 12.8. The number of halogens is 2. The lowest BCUT2D eigenvalue weighted by molar-refractivity contribution is 0.218. The molecule has 0 atom stereocenters. The van der Waals surface area contributed by atoms with Gasteiger partial charge in [-0.3, -0.25) is 4.90 Å². The Balaban J connectivity index is 1.76. The van der Waals surface area contributed by atoms with Crippen LogP contribution in [0.3, 0.4) is 0 Å². The fraction of sp³-hybridized carbons (Fsp3) is 0.500. The lowest BCUT2D eigenvalue weighted by Gasteiger charge is -2.22. The van der Waals surface area contributed by atoms with Crippen LogP contribution in [0.1, 0.15) is 25.7 Å². The fourth-order valence-electron chi connectivity index (χ4n) is 2.26. The third-order valence-corrected chi connectivity index (χ3v) is 4.67. The Morgan fingerprint density at radius 3 is 2.39 bits per heavy atom. The number of hydrogen-bond acceptors (Lipinski definition) is 2. The van der Waals surface area contributed by atoms with Gasteiger partial charge in [-0.05, 0) is 49.7 Å². The van der Waals surface area contributed by atoms with Gasteiger partial charge in [-0.25, -0.2) is 9.79 Å². The van der Waals surface area contributed by atoms with Gasteiger partial charge in [0.1, 0.15) is 5.69 Å². The average Bonchev–Trinajstić information content (AvgIpc) is 3.40. The van der Waals surface area contributed by atoms with Crippen LogP contribution in [0.15, 0.2) is 23.2 Å². The summed E-state index contributed by atoms with van der Waals surface area (Å²) in [6.07, 6.45) is 4.60. The quantitative estimate of drug-likeness (QED) is 0.623. The summed E-state index contributed by atoms with van der Waals surface area (Å²) in [6.45, 7) is 1.27. The summed E-state index contributed by atoms with van der Waals surface area (Å²) in [4.78, 5) is 18.2. The summed E-state index contributed by atoms with van der Waals surface area (Å²) in [5.41, 5.74) is 6.48. The molecule has 0 spiro atoms. The molecule has 0 aliphatic heterocycles. The van der Waals surface area contributed by atoms with Gasteiger partial charge in [-0.2, -0.15) is 0 Å². The molecule has 2 saturated carbocycles. The number of nitrogens with two attached hydrogens (primary N) is 1. The van der Waals surface area contributed by atoms with Gasteiger partial charge in [0.2, 0.25) is 5.96 Å². The highest BCUT2D eigenvalue weighted by Gasteiger charge is 2.30. The smallest absolute Gasteiger partial charge is 0.324 e. The standard InChI is InChI=1S/C16H20Cl2N4O/c17-12-2-1-3-13(18)14(12)21-15(19)22(9-11-6-7-11)16(23)20-8-10-4-5-10/h1-3,10-11H,4-9H2,(H2,19,21)(H,20,23). The van der Waals surface area contributed by atoms with Crippen molar-refractivity contribution < 1.29 is 4.79 Å². The van der Waals surface area contributed by atoms with Crippen molar-refractivity contribution in [3.8, 4) is 0 Å². The number of carbonyl (C=O) groups excluding carboxylic acids is 1. The van der Waals surface area contributed by atoms with Crippen molar-refractivity contribution in [2.24, 2.45) is 22.6 Å². The molecule has 0 saturated heterocycles. The molecule has 3 N–H and O–H groups in total. The van der Waals surface area contributed by atoms with Crippen LogP contribution < -0.4 is 11.1 Å². The SMILES string of the molecule is NC(=Nc1c(Cl)cccc1Cl)N(CC1CC1)C(=O)NCC1CC1. The van der Waals surface area contributed by atoms with Gasteiger partial charge < -0.3 is 11.1 Å². The molecule has 2 amide bonds. The molecule has 0 bridgehead atoms. The highest BCUT2D eigenvalue weighted by atomic mass is 35.5. The third kappa shape index (κ3) is 4.52. The molecule has 0 unspecified atom stereocenters. The zero-order valence-corrected chi connectivity index (χ0v) is 14.3. The first-order chi connectivity index (χ1) is 11.0. The monoisotopic (exact) mass is 354 g/mol. The van der Waals surface area contributed by atoms with E-state index >= 15 is 0 Å². The van der Waals surface area contributed by atoms with Gasteiger partial charge in [0.15, 0.2) is 0 Å². The van der Waals surface area contributed by atoms with E-state index in [9.17, 15) is 4.79 Å². The number of carbonyl (C=O) groups is 1. The van der Waals surface area contributed by atoms with Crippen LogP contribution >= 0.6 is 23.2 Å². The van der Waals surface area contributed by atoms with E-state index in [1.54, 1.807) is 18.2 Å². The van der Waals surface area contributed by atoms with Crippen molar-refractivity contribution in [3.63, 3.8) is 0 Å². The van der Waals surface area contributed by atoms with E-state index in [0.717, 1.165) is 12.8 Å². The zero-order chi connectivity index (χ0) is 16.4. The number of urea groups is 1. The Bertz CT molecular complexity index is 606. The Hall–Kier alpha value is -1.46. The molecule has 2 fully saturated rings. The van der Waals surface area contributed by atoms with Crippen molar-refractivity contribution in [2.45, 2.75) is 25.7 Å². The maximum Gasteiger partial charge on any atom is 0.324 e. The van der Waals surface area contributed by atoms with Crippen LogP contribution in [0, 0.1) is 11.8 Å². The van der Waals surface area contributed by atoms with Crippen LogP contribution in [-0.2, 0) is 0 Å². The molecule has 1 aromatic rings. The number of nitrogens with zero attached hydrogens (tertiary/aromatic N) is 2. The van der Waals surface area contributed by atoms with E-state index in [-0.39, 0.29) is 12.0 Å². The van der Waals surface area contributed by atoms with E-state index < -0.39 is 0 Å². The van der Waals surface area contributed by atoms with E-state index in [4.69, 9.17) is 28.9 Å². The predicted molar refractivity (Wildman–Crippen MR) is 93.3 cm³/mol. The van der Waals surface area contributed by atoms with Crippen molar-refractivity contribution in [1.29, 1.82) is 0 Å². The van der Waals surface area contributed by atoms with Gasteiger partial charge in [-0.15, -0.1) is 0 Å². The molecular weight excluding hydrogens is 335 g/mol. The molecule has 23 heavy (non-hydrogen) atoms. The fourth-order valence-corrected chi connectivity index (χ4v) is 2.74. The Kier molecular flexibility index (Phi) is 4.97. The number of aliphatic imine (C=N–C) groups is 1. The van der Waals surface area contributed by atoms with E-state index in [0.29, 0.717) is 40.7 Å². The summed E-state index contributed by atoms with van der Waals surface area (Å²) in [6, 6.07) is 4.92. The molecule has 2 aliphatic carbocycles. The van der Waals surface area contributed by atoms with Gasteiger partial charge in [0.25, 0.3) is 0 Å². The molecule has 3 rings (SSSR count). The number of guanidine groups is 1. The molecule has 124 valence electrons. The van der Waals surface area contributed by atoms with Gasteiger partial charge in [0, 0.05) is 13.1 Å². The van der Waals surface area contributed by atoms with E-state index in [2.05, 4.69) is 10.3 Å². The minimum absolute atomic E-state index is 0.125. The molecule has 5 nitrogen and oxygen atoms in total. The summed E-state index contributed by atoms with van der Waals surface area (Å²) in [5, 5.41) is 3.75. The van der Waals surface area contributed by atoms with Crippen LogP contribution in [0.4, 0.5) is 10.5 Å². The Labute approximate surface area is 145 Å². The summed E-state index contributed by atoms with van der Waals surface area (Å²) < 4.78 is 0. The van der Waals surface area contributed by atoms with Crippen molar-refractivity contribution in [1.82, 2.24) is 10.2 Å². The summed E-state index contributed by atoms with van der Waals surface area (Å²) in [7, 11) is 0. The molecular formula is C16H20Cl2N4O. The van der Waals surface area contributed by atoms with Crippen molar-refractivity contribution in [3.05, 3.63) is 28.2 Å². The van der Waals surface area contributed by atoms with Crippen LogP contribution in [0.2, 0.25) is 10.0 Å². The lowest BCUT2D eigenvalue weighted by atomic mass is 10.3. The normalized spacial score (nSPS) is 17.9. The van der Waals surface area contributed by atoms with Gasteiger partial charge in [0.05, 0.1) is 10.0 Å². The summed E-state index contributed by atoms with van der Waals surface area (Å²) >= 11 is 12.2. The lowest BCUT2D eigenvalue weighted by Crippen LogP contribution is -2.48. The van der Waals surface area contributed by atoms with Crippen LogP contribution in [0.5, 0.6) is 0 Å². The first-order valence-corrected chi connectivity index (χ1v) is 8.63. The number of amides is 2. The minimum Gasteiger partial charge on any atom is -0.369 e. The molecule has 7 heteroatoms. The van der Waals surface area contributed by atoms with Crippen LogP contribution in [-0.4, -0.2) is 30.0 Å². The van der Waals surface area contributed by atoms with Crippen LogP contribution in [0.25, 0.3) is 0 Å². The molecule has 0 heterocycles. The predicted octanol–water partition coefficient (Wildman–Crippen LogP) is 3.77. The first kappa shape index (κ1) is 16.4. The van der Waals surface area contributed by atoms with E-state index in [1.807, 2.05) is 0 Å². The van der Waals surface area contributed by atoms with Crippen molar-refractivity contribution in [2.75, 3.05) is 13.1 Å². The first-order valence-electron chi connectivity index (χ1n) is 7.88. The average molecular weight is 355 g/mol. The largest absolute Gasteiger partial charge is 0.369 e. The Morgan fingerprint density at radius 1 is 1.22 bits per heavy atom. The van der Waals surface area contributed by atoms with E-state index in [1.165, 1.54) is 17.7 Å². The number of hydrogen-bond donors (Lipinski definition) is 2. The molecule has 1 aromatic carbocycles.